The Kier molecular flexibility index (Phi) is 30.9. The molecule has 0 fully saturated rings. The number of rotatable bonds is 0. The Balaban J connectivity index is -0.0000000575. The maximum absolute atomic E-state index is 8.25. The van der Waals surface area contributed by atoms with Gasteiger partial charge in [0.2, 0.25) is 0 Å². The Bertz CT molecular complexity index is 48.5. The first-order valence-electron chi connectivity index (χ1n) is 1.08. The van der Waals surface area contributed by atoms with Gasteiger partial charge in [-0.15, -0.1) is 23.2 Å². The molecular weight excluding hydrogens is 253 g/mol. The van der Waals surface area contributed by atoms with Crippen molar-refractivity contribution in [3.05, 3.63) is 15.3 Å². The Hall–Kier alpha value is 0.520. The van der Waals surface area contributed by atoms with Gasteiger partial charge in [-0.25, -0.2) is 0 Å². The molecule has 0 radical (unpaired) electrons. The third-order valence-corrected chi connectivity index (χ3v) is 0. The number of hydrogen-bond acceptors (Lipinski definition) is 3. The smallest absolute Gasteiger partial charge is 0.356 e. The molecule has 0 bridgehead atoms. The van der Waals surface area contributed by atoms with Crippen LogP contribution in [0, 0.1) is 15.3 Å². The van der Waals surface area contributed by atoms with Gasteiger partial charge < -0.3 is 15.3 Å². The van der Waals surface area contributed by atoms with Crippen molar-refractivity contribution in [2.75, 3.05) is 5.34 Å². The quantitative estimate of drug-likeness (QED) is 0.282. The number of hydrogen-bond donors (Lipinski definition) is 0. The Morgan fingerprint density at radius 3 is 1.38 bits per heavy atom. The monoisotopic (exact) mass is 253 g/mol. The molecule has 0 aliphatic heterocycles. The van der Waals surface area contributed by atoms with Crippen molar-refractivity contribution in [1.29, 1.82) is 0 Å². The number of halogens is 2. The van der Waals surface area contributed by atoms with E-state index in [1.807, 2.05) is 0 Å². The van der Waals surface area contributed by atoms with Crippen LogP contribution >= 0.6 is 23.2 Å². The van der Waals surface area contributed by atoms with Crippen LogP contribution in [0.1, 0.15) is 0 Å². The molecule has 0 saturated heterocycles. The van der Waals surface area contributed by atoms with E-state index in [2.05, 4.69) is 0 Å². The minimum absolute atomic E-state index is 0. The molecule has 0 aromatic carbocycles. The van der Waals surface area contributed by atoms with Crippen molar-refractivity contribution in [3.63, 3.8) is 0 Å². The van der Waals surface area contributed by atoms with E-state index in [-0.39, 0.29) is 27.7 Å². The van der Waals surface area contributed by atoms with Crippen molar-refractivity contribution < 1.29 is 27.5 Å². The topological polar surface area (TPSA) is 66.2 Å². The average Bonchev–Trinajstić information content (AvgIpc) is 1.33. The van der Waals surface area contributed by atoms with E-state index in [4.69, 9.17) is 38.5 Å². The summed E-state index contributed by atoms with van der Waals surface area (Å²) in [5.74, 6) is 0. The van der Waals surface area contributed by atoms with Gasteiger partial charge in [-0.05, 0) is 0 Å². The van der Waals surface area contributed by atoms with Crippen molar-refractivity contribution in [1.82, 2.24) is 0 Å². The summed E-state index contributed by atoms with van der Waals surface area (Å²) in [5, 5.41) is 14.9. The summed E-state index contributed by atoms with van der Waals surface area (Å²) in [7, 11) is 0. The van der Waals surface area contributed by atoms with Gasteiger partial charge in [-0.1, -0.05) is 0 Å². The van der Waals surface area contributed by atoms with Crippen LogP contribution in [0.25, 0.3) is 0 Å². The molecule has 0 spiro atoms. The first kappa shape index (κ1) is 15.8. The van der Waals surface area contributed by atoms with E-state index in [0.29, 0.717) is 0 Å². The van der Waals surface area contributed by atoms with E-state index < -0.39 is 5.09 Å². The zero-order valence-corrected chi connectivity index (χ0v) is 6.43. The van der Waals surface area contributed by atoms with E-state index in [0.717, 1.165) is 0 Å². The Morgan fingerprint density at radius 2 is 1.38 bits per heavy atom. The average molecular weight is 255 g/mol. The van der Waals surface area contributed by atoms with Crippen LogP contribution in [0.5, 0.6) is 0 Å². The molecule has 0 N–H and O–H groups in total. The molecule has 0 saturated carbocycles. The fourth-order valence-corrected chi connectivity index (χ4v) is 0. The summed E-state index contributed by atoms with van der Waals surface area (Å²) in [6, 6.07) is 0. The molecule has 0 unspecified atom stereocenters. The van der Waals surface area contributed by atoms with Crippen LogP contribution < -0.4 is 0 Å². The largest absolute Gasteiger partial charge is 1.00 e. The zero-order chi connectivity index (χ0) is 6.28. The van der Waals surface area contributed by atoms with Gasteiger partial charge in [0, 0.05) is 0 Å². The molecule has 7 heteroatoms. The SMILES string of the molecule is ClCCl.O=[N+]([O-])[O-].[Ag+]. The fraction of sp³-hybridized carbons (Fsp3) is 1.00. The Morgan fingerprint density at radius 1 is 1.38 bits per heavy atom. The van der Waals surface area contributed by atoms with Crippen molar-refractivity contribution >= 4 is 23.2 Å². The number of alkyl halides is 2. The van der Waals surface area contributed by atoms with Crippen LogP contribution in [0.3, 0.4) is 0 Å². The summed E-state index contributed by atoms with van der Waals surface area (Å²) in [5.41, 5.74) is 0. The summed E-state index contributed by atoms with van der Waals surface area (Å²) >= 11 is 9.53. The van der Waals surface area contributed by atoms with Crippen LogP contribution in [0.15, 0.2) is 0 Å². The van der Waals surface area contributed by atoms with Crippen molar-refractivity contribution in [2.45, 2.75) is 0 Å². The fourth-order valence-electron chi connectivity index (χ4n) is 0. The molecule has 4 nitrogen and oxygen atoms in total. The normalized spacial score (nSPS) is 5.25. The maximum atomic E-state index is 8.25. The molecular formula is CH2AgCl2NO3. The summed E-state index contributed by atoms with van der Waals surface area (Å²) in [4.78, 5) is 8.25. The standard InChI is InChI=1S/CH2Cl2.Ag.NO3/c2-1-3;;2-1(3)4/h1H2;;/q;+1;-1. The second-order valence-corrected chi connectivity index (χ2v) is 1.13. The van der Waals surface area contributed by atoms with Gasteiger partial charge >= 0.3 is 22.4 Å². The third-order valence-electron chi connectivity index (χ3n) is 0. The third kappa shape index (κ3) is 734. The van der Waals surface area contributed by atoms with Crippen molar-refractivity contribution in [3.8, 4) is 0 Å². The molecule has 0 amide bonds. The predicted octanol–water partition coefficient (Wildman–Crippen LogP) is 1.18. The van der Waals surface area contributed by atoms with Gasteiger partial charge in [-0.3, -0.25) is 0 Å². The summed E-state index contributed by atoms with van der Waals surface area (Å²) in [6.45, 7) is 0. The molecule has 54 valence electrons. The van der Waals surface area contributed by atoms with E-state index >= 15 is 0 Å². The van der Waals surface area contributed by atoms with Crippen LogP contribution in [0.2, 0.25) is 0 Å². The first-order chi connectivity index (χ1) is 3.15. The van der Waals surface area contributed by atoms with E-state index in [1.54, 1.807) is 0 Å². The number of nitrogens with zero attached hydrogens (tertiary/aromatic N) is 1. The summed E-state index contributed by atoms with van der Waals surface area (Å²) < 4.78 is 0. The van der Waals surface area contributed by atoms with Gasteiger partial charge in [-0.2, -0.15) is 0 Å². The maximum Gasteiger partial charge on any atom is 1.00 e. The molecule has 0 rings (SSSR count). The molecule has 0 aliphatic rings. The summed E-state index contributed by atoms with van der Waals surface area (Å²) in [6.07, 6.45) is 0. The van der Waals surface area contributed by atoms with Crippen LogP contribution in [-0.2, 0) is 22.4 Å². The first-order valence-corrected chi connectivity index (χ1v) is 2.15. The van der Waals surface area contributed by atoms with E-state index in [1.165, 1.54) is 0 Å². The van der Waals surface area contributed by atoms with Crippen molar-refractivity contribution in [2.24, 2.45) is 0 Å². The molecule has 0 aromatic heterocycles. The molecule has 0 heterocycles. The Labute approximate surface area is 71.4 Å². The minimum Gasteiger partial charge on any atom is -0.356 e. The predicted molar refractivity (Wildman–Crippen MR) is 26.9 cm³/mol. The van der Waals surface area contributed by atoms with Gasteiger partial charge in [0.25, 0.3) is 0 Å². The molecule has 0 atom stereocenters. The minimum atomic E-state index is -1.75. The van der Waals surface area contributed by atoms with Crippen LogP contribution in [0.4, 0.5) is 0 Å². The second-order valence-electron chi connectivity index (χ2n) is 0.325. The molecule has 0 aliphatic carbocycles. The van der Waals surface area contributed by atoms with Gasteiger partial charge in [0.15, 0.2) is 0 Å². The molecule has 8 heavy (non-hydrogen) atoms. The van der Waals surface area contributed by atoms with Gasteiger partial charge in [0.05, 0.1) is 10.4 Å². The second kappa shape index (κ2) is 15.6. The molecule has 0 aromatic rings. The zero-order valence-electron chi connectivity index (χ0n) is 3.44. The van der Waals surface area contributed by atoms with Gasteiger partial charge in [0.1, 0.15) is 0 Å². The van der Waals surface area contributed by atoms with E-state index in [9.17, 15) is 0 Å². The van der Waals surface area contributed by atoms with Crippen LogP contribution in [-0.4, -0.2) is 10.4 Å².